The molecule has 1 fully saturated rings. The first-order chi connectivity index (χ1) is 20.1. The molecule has 3 N–H and O–H groups in total. The fourth-order valence-corrected chi connectivity index (χ4v) is 5.46. The third kappa shape index (κ3) is 10.3. The Bertz CT molecular complexity index is 1420. The fourth-order valence-electron chi connectivity index (χ4n) is 5.46. The quantitative estimate of drug-likeness (QED) is 0.180. The molecule has 44 heavy (non-hydrogen) atoms. The molecule has 0 unspecified atom stereocenters. The summed E-state index contributed by atoms with van der Waals surface area (Å²) in [7, 11) is 2.06. The van der Waals surface area contributed by atoms with Crippen LogP contribution in [0.3, 0.4) is 0 Å². The van der Waals surface area contributed by atoms with Crippen LogP contribution in [0.15, 0.2) is 60.7 Å². The summed E-state index contributed by atoms with van der Waals surface area (Å²) in [6.07, 6.45) is 8.60. The number of hydrogen-bond donors (Lipinski definition) is 3. The van der Waals surface area contributed by atoms with Crippen LogP contribution >= 0.6 is 24.8 Å². The van der Waals surface area contributed by atoms with E-state index in [4.69, 9.17) is 6.42 Å². The predicted molar refractivity (Wildman–Crippen MR) is 178 cm³/mol. The van der Waals surface area contributed by atoms with E-state index in [0.717, 1.165) is 60.5 Å². The van der Waals surface area contributed by atoms with E-state index in [9.17, 15) is 18.7 Å². The van der Waals surface area contributed by atoms with Crippen molar-refractivity contribution in [1.82, 2.24) is 15.5 Å². The Morgan fingerprint density at radius 1 is 1.07 bits per heavy atom. The average molecular weight is 647 g/mol. The maximum atomic E-state index is 14.0. The maximum absolute atomic E-state index is 14.0. The van der Waals surface area contributed by atoms with Gasteiger partial charge in [-0.1, -0.05) is 43.0 Å². The first-order valence-corrected chi connectivity index (χ1v) is 14.7. The summed E-state index contributed by atoms with van der Waals surface area (Å²) < 4.78 is 28.0. The van der Waals surface area contributed by atoms with Crippen molar-refractivity contribution in [1.29, 1.82) is 0 Å². The SMILES string of the molecule is C#Cc1cccc(C2(NC[C@H](O)[C@H](Cc3cc(F)cc(F)c3)NC(=O)c3cc(C)cc(CN(C)CCCC)c3)CC2)c1.Cl.Cl. The van der Waals surface area contributed by atoms with Crippen LogP contribution in [-0.2, 0) is 18.5 Å². The number of rotatable bonds is 14. The van der Waals surface area contributed by atoms with E-state index in [1.807, 2.05) is 43.3 Å². The molecule has 0 bridgehead atoms. The topological polar surface area (TPSA) is 64.6 Å². The first-order valence-electron chi connectivity index (χ1n) is 14.7. The molecule has 2 atom stereocenters. The van der Waals surface area contributed by atoms with Crippen LogP contribution < -0.4 is 10.6 Å². The van der Waals surface area contributed by atoms with Gasteiger partial charge in [-0.25, -0.2) is 8.78 Å². The van der Waals surface area contributed by atoms with Crippen LogP contribution in [-0.4, -0.2) is 48.2 Å². The lowest BCUT2D eigenvalue weighted by molar-refractivity contribution is 0.0821. The van der Waals surface area contributed by atoms with Gasteiger partial charge in [0.25, 0.3) is 5.91 Å². The monoisotopic (exact) mass is 645 g/mol. The van der Waals surface area contributed by atoms with E-state index in [1.54, 1.807) is 0 Å². The molecule has 1 aliphatic carbocycles. The lowest BCUT2D eigenvalue weighted by atomic mass is 9.98. The van der Waals surface area contributed by atoms with Crippen molar-refractivity contribution < 1.29 is 18.7 Å². The standard InChI is InChI=1S/C35H41F2N3O2.2ClH/c1-5-7-13-40(4)23-27-14-24(3)15-28(16-27)34(42)39-32(20-26-18-30(36)21-31(37)19-26)33(41)22-38-35(11-12-35)29-10-8-9-25(6-2)17-29;;/h2,8-10,14-19,21,32-33,38,41H,5,7,11-13,20,22-23H2,1,3-4H3,(H,39,42);2*1H/t32-,33-;;/m0../s1. The van der Waals surface area contributed by atoms with Crippen molar-refractivity contribution in [3.63, 3.8) is 0 Å². The number of nitrogens with one attached hydrogen (secondary N) is 2. The number of aliphatic hydroxyl groups excluding tert-OH is 1. The van der Waals surface area contributed by atoms with Gasteiger partial charge >= 0.3 is 0 Å². The molecule has 0 aliphatic heterocycles. The minimum Gasteiger partial charge on any atom is -0.390 e. The summed E-state index contributed by atoms with van der Waals surface area (Å²) in [5.41, 5.74) is 4.34. The Kier molecular flexibility index (Phi) is 14.3. The third-order valence-electron chi connectivity index (χ3n) is 7.89. The predicted octanol–water partition coefficient (Wildman–Crippen LogP) is 6.31. The number of nitrogens with zero attached hydrogens (tertiary/aromatic N) is 1. The number of unbranched alkanes of at least 4 members (excludes halogenated alkanes) is 1. The average Bonchev–Trinajstić information content (AvgIpc) is 3.75. The minimum absolute atomic E-state index is 0. The molecule has 0 radical (unpaired) electrons. The second-order valence-corrected chi connectivity index (χ2v) is 11.6. The summed E-state index contributed by atoms with van der Waals surface area (Å²) in [6.45, 7) is 5.95. The molecule has 0 heterocycles. The molecule has 5 nitrogen and oxygen atoms in total. The summed E-state index contributed by atoms with van der Waals surface area (Å²) in [5, 5.41) is 17.8. The Hall–Kier alpha value is -2.99. The van der Waals surface area contributed by atoms with Crippen LogP contribution in [0.25, 0.3) is 0 Å². The smallest absolute Gasteiger partial charge is 0.251 e. The molecule has 1 amide bonds. The van der Waals surface area contributed by atoms with E-state index in [1.165, 1.54) is 12.1 Å². The molecule has 3 aromatic carbocycles. The van der Waals surface area contributed by atoms with Crippen LogP contribution in [0.5, 0.6) is 0 Å². The van der Waals surface area contributed by atoms with Gasteiger partial charge in [0.05, 0.1) is 12.1 Å². The molecule has 0 aromatic heterocycles. The highest BCUT2D eigenvalue weighted by Gasteiger charge is 2.44. The lowest BCUT2D eigenvalue weighted by Crippen LogP contribution is -2.50. The molecule has 238 valence electrons. The molecule has 0 saturated heterocycles. The van der Waals surface area contributed by atoms with Gasteiger partial charge in [-0.3, -0.25) is 4.79 Å². The van der Waals surface area contributed by atoms with E-state index in [0.29, 0.717) is 17.7 Å². The van der Waals surface area contributed by atoms with E-state index in [-0.39, 0.29) is 49.2 Å². The molecule has 1 saturated carbocycles. The number of amides is 1. The van der Waals surface area contributed by atoms with Crippen LogP contribution in [0.1, 0.15) is 70.8 Å². The van der Waals surface area contributed by atoms with Gasteiger partial charge in [0.2, 0.25) is 0 Å². The molecule has 1 aliphatic rings. The number of aryl methyl sites for hydroxylation is 1. The van der Waals surface area contributed by atoms with Gasteiger partial charge in [0.1, 0.15) is 11.6 Å². The Morgan fingerprint density at radius 2 is 1.77 bits per heavy atom. The summed E-state index contributed by atoms with van der Waals surface area (Å²) >= 11 is 0. The largest absolute Gasteiger partial charge is 0.390 e. The Morgan fingerprint density at radius 3 is 2.41 bits per heavy atom. The zero-order valence-electron chi connectivity index (χ0n) is 25.5. The van der Waals surface area contributed by atoms with Crippen molar-refractivity contribution in [2.75, 3.05) is 20.1 Å². The summed E-state index contributed by atoms with van der Waals surface area (Å²) in [4.78, 5) is 15.8. The lowest BCUT2D eigenvalue weighted by Gasteiger charge is -2.27. The van der Waals surface area contributed by atoms with Crippen LogP contribution in [0.4, 0.5) is 8.78 Å². The zero-order valence-corrected chi connectivity index (χ0v) is 27.2. The van der Waals surface area contributed by atoms with Crippen LogP contribution in [0.2, 0.25) is 0 Å². The first kappa shape index (κ1) is 37.2. The zero-order chi connectivity index (χ0) is 30.3. The molecular formula is C35H43Cl2F2N3O2. The van der Waals surface area contributed by atoms with Crippen molar-refractivity contribution in [3.8, 4) is 12.3 Å². The number of halogens is 4. The molecular weight excluding hydrogens is 603 g/mol. The van der Waals surface area contributed by atoms with Gasteiger partial charge in [-0.15, -0.1) is 31.2 Å². The van der Waals surface area contributed by atoms with E-state index >= 15 is 0 Å². The highest BCUT2D eigenvalue weighted by molar-refractivity contribution is 5.94. The van der Waals surface area contributed by atoms with E-state index in [2.05, 4.69) is 41.5 Å². The Balaban J connectivity index is 0.00000337. The second kappa shape index (κ2) is 16.9. The number of terminal acetylenes is 1. The number of carbonyl (C=O) groups excluding carboxylic acids is 1. The number of aliphatic hydroxyl groups is 1. The molecule has 3 aromatic rings. The van der Waals surface area contributed by atoms with Crippen LogP contribution in [0, 0.1) is 30.9 Å². The molecule has 9 heteroatoms. The summed E-state index contributed by atoms with van der Waals surface area (Å²) in [6, 6.07) is 16.0. The van der Waals surface area contributed by atoms with Gasteiger partial charge in [-0.2, -0.15) is 0 Å². The maximum Gasteiger partial charge on any atom is 0.251 e. The fraction of sp³-hybridized carbons (Fsp3) is 0.400. The van der Waals surface area contributed by atoms with Gasteiger partial charge in [0, 0.05) is 35.8 Å². The number of benzene rings is 3. The third-order valence-corrected chi connectivity index (χ3v) is 7.89. The highest BCUT2D eigenvalue weighted by atomic mass is 35.5. The molecule has 4 rings (SSSR count). The van der Waals surface area contributed by atoms with E-state index < -0.39 is 23.8 Å². The second-order valence-electron chi connectivity index (χ2n) is 11.6. The van der Waals surface area contributed by atoms with Crippen molar-refractivity contribution in [2.24, 2.45) is 0 Å². The van der Waals surface area contributed by atoms with Crippen molar-refractivity contribution >= 4 is 30.7 Å². The van der Waals surface area contributed by atoms with Crippen molar-refractivity contribution in [3.05, 3.63) is 106 Å². The number of hydrogen-bond acceptors (Lipinski definition) is 4. The molecule has 0 spiro atoms. The normalized spacial score (nSPS) is 14.5. The van der Waals surface area contributed by atoms with Gasteiger partial charge < -0.3 is 20.6 Å². The van der Waals surface area contributed by atoms with Crippen molar-refractivity contribution in [2.45, 2.75) is 70.2 Å². The van der Waals surface area contributed by atoms with Gasteiger partial charge in [0.15, 0.2) is 0 Å². The van der Waals surface area contributed by atoms with Gasteiger partial charge in [-0.05, 0) is 99.3 Å². The summed E-state index contributed by atoms with van der Waals surface area (Å²) in [5.74, 6) is 0.905. The Labute approximate surface area is 272 Å². The minimum atomic E-state index is -1.03. The highest BCUT2D eigenvalue weighted by Crippen LogP contribution is 2.45. The number of carbonyl (C=O) groups is 1.